The Bertz CT molecular complexity index is 1080. The van der Waals surface area contributed by atoms with Gasteiger partial charge in [-0.15, -0.1) is 0 Å². The molecule has 2 aliphatic rings. The van der Waals surface area contributed by atoms with Crippen LogP contribution in [0.3, 0.4) is 0 Å². The normalized spacial score (nSPS) is 18.2. The molecule has 0 spiro atoms. The SMILES string of the molecule is O=C(C1=NN(Cc2cc(F)cc(F)c2)c2ccccc2S1(=O)=O)N1CCCCC1. The molecule has 1 fully saturated rings. The van der Waals surface area contributed by atoms with Gasteiger partial charge in [-0.2, -0.15) is 5.10 Å². The minimum atomic E-state index is -4.10. The van der Waals surface area contributed by atoms with E-state index in [1.165, 1.54) is 16.0 Å². The molecule has 0 saturated carbocycles. The number of nitrogens with zero attached hydrogens (tertiary/aromatic N) is 3. The molecule has 1 amide bonds. The van der Waals surface area contributed by atoms with Crippen molar-refractivity contribution < 1.29 is 22.0 Å². The van der Waals surface area contributed by atoms with Crippen molar-refractivity contribution >= 4 is 26.5 Å². The molecule has 0 N–H and O–H groups in total. The summed E-state index contributed by atoms with van der Waals surface area (Å²) in [6, 6.07) is 9.21. The molecule has 2 aliphatic heterocycles. The lowest BCUT2D eigenvalue weighted by Gasteiger charge is -2.31. The second-order valence-electron chi connectivity index (χ2n) is 7.06. The van der Waals surface area contributed by atoms with Crippen LogP contribution in [0.2, 0.25) is 0 Å². The van der Waals surface area contributed by atoms with E-state index in [2.05, 4.69) is 5.10 Å². The zero-order valence-corrected chi connectivity index (χ0v) is 16.3. The predicted octanol–water partition coefficient (Wildman–Crippen LogP) is 3.08. The molecular weight excluding hydrogens is 400 g/mol. The van der Waals surface area contributed by atoms with E-state index in [0.29, 0.717) is 13.1 Å². The molecule has 29 heavy (non-hydrogen) atoms. The number of anilines is 1. The molecule has 0 radical (unpaired) electrons. The highest BCUT2D eigenvalue weighted by molar-refractivity contribution is 8.08. The lowest BCUT2D eigenvalue weighted by Crippen LogP contribution is -2.45. The van der Waals surface area contributed by atoms with Crippen LogP contribution in [0, 0.1) is 11.6 Å². The minimum absolute atomic E-state index is 0.0489. The third-order valence-corrected chi connectivity index (χ3v) is 6.67. The van der Waals surface area contributed by atoms with E-state index in [9.17, 15) is 22.0 Å². The fourth-order valence-electron chi connectivity index (χ4n) is 3.60. The fourth-order valence-corrected chi connectivity index (χ4v) is 5.08. The van der Waals surface area contributed by atoms with E-state index in [1.54, 1.807) is 18.2 Å². The number of benzene rings is 2. The summed E-state index contributed by atoms with van der Waals surface area (Å²) < 4.78 is 53.3. The first-order valence-electron chi connectivity index (χ1n) is 9.31. The van der Waals surface area contributed by atoms with E-state index in [1.807, 2.05) is 0 Å². The average Bonchev–Trinajstić information content (AvgIpc) is 2.70. The summed E-state index contributed by atoms with van der Waals surface area (Å²) in [6.45, 7) is 0.867. The molecular formula is C20H19F2N3O3S. The predicted molar refractivity (Wildman–Crippen MR) is 104 cm³/mol. The van der Waals surface area contributed by atoms with Crippen LogP contribution in [0.25, 0.3) is 0 Å². The Labute approximate surface area is 167 Å². The monoisotopic (exact) mass is 419 g/mol. The van der Waals surface area contributed by atoms with E-state index < -0.39 is 32.4 Å². The van der Waals surface area contributed by atoms with Crippen molar-refractivity contribution in [2.45, 2.75) is 30.7 Å². The smallest absolute Gasteiger partial charge is 0.286 e. The number of carbonyl (C=O) groups excluding carboxylic acids is 1. The number of hydrazone groups is 1. The number of halogens is 2. The molecule has 0 aliphatic carbocycles. The van der Waals surface area contributed by atoms with Gasteiger partial charge in [0.2, 0.25) is 14.9 Å². The maximum Gasteiger partial charge on any atom is 0.286 e. The molecule has 9 heteroatoms. The fraction of sp³-hybridized carbons (Fsp3) is 0.300. The van der Waals surface area contributed by atoms with Gasteiger partial charge in [-0.1, -0.05) is 12.1 Å². The number of likely N-dealkylation sites (tertiary alicyclic amines) is 1. The molecule has 0 bridgehead atoms. The van der Waals surface area contributed by atoms with E-state index in [4.69, 9.17) is 0 Å². The summed E-state index contributed by atoms with van der Waals surface area (Å²) in [6.07, 6.45) is 2.60. The van der Waals surface area contributed by atoms with Gasteiger partial charge in [0.25, 0.3) is 5.91 Å². The second-order valence-corrected chi connectivity index (χ2v) is 8.90. The van der Waals surface area contributed by atoms with Crippen molar-refractivity contribution in [2.75, 3.05) is 18.1 Å². The Hall–Kier alpha value is -2.81. The van der Waals surface area contributed by atoms with Gasteiger partial charge in [0, 0.05) is 19.2 Å². The largest absolute Gasteiger partial charge is 0.337 e. The van der Waals surface area contributed by atoms with Crippen molar-refractivity contribution in [3.8, 4) is 0 Å². The Morgan fingerprint density at radius 2 is 1.66 bits per heavy atom. The first-order chi connectivity index (χ1) is 13.9. The Morgan fingerprint density at radius 1 is 1.00 bits per heavy atom. The van der Waals surface area contributed by atoms with Gasteiger partial charge >= 0.3 is 0 Å². The number of sulfone groups is 1. The number of carbonyl (C=O) groups is 1. The Balaban J connectivity index is 1.77. The summed E-state index contributed by atoms with van der Waals surface area (Å²) in [5.74, 6) is -2.13. The van der Waals surface area contributed by atoms with Crippen LogP contribution in [0.5, 0.6) is 0 Å². The number of hydrogen-bond acceptors (Lipinski definition) is 5. The van der Waals surface area contributed by atoms with Gasteiger partial charge in [0.05, 0.1) is 17.1 Å². The van der Waals surface area contributed by atoms with Crippen LogP contribution in [0.15, 0.2) is 52.5 Å². The second kappa shape index (κ2) is 7.55. The van der Waals surface area contributed by atoms with Gasteiger partial charge in [0.1, 0.15) is 11.6 Å². The lowest BCUT2D eigenvalue weighted by atomic mass is 10.1. The van der Waals surface area contributed by atoms with Crippen molar-refractivity contribution in [3.05, 3.63) is 59.7 Å². The first-order valence-corrected chi connectivity index (χ1v) is 10.8. The number of para-hydroxylation sites is 1. The van der Waals surface area contributed by atoms with E-state index in [-0.39, 0.29) is 22.7 Å². The quantitative estimate of drug-likeness (QED) is 0.767. The summed E-state index contributed by atoms with van der Waals surface area (Å²) >= 11 is 0. The van der Waals surface area contributed by atoms with E-state index in [0.717, 1.165) is 37.5 Å². The highest BCUT2D eigenvalue weighted by atomic mass is 32.2. The van der Waals surface area contributed by atoms with Crippen molar-refractivity contribution in [1.29, 1.82) is 0 Å². The molecule has 4 rings (SSSR count). The number of amides is 1. The van der Waals surface area contributed by atoms with Gasteiger partial charge in [-0.25, -0.2) is 17.2 Å². The third kappa shape index (κ3) is 3.74. The minimum Gasteiger partial charge on any atom is -0.337 e. The number of fused-ring (bicyclic) bond motifs is 1. The Kier molecular flexibility index (Phi) is 5.08. The zero-order valence-electron chi connectivity index (χ0n) is 15.5. The molecule has 2 aromatic rings. The van der Waals surface area contributed by atoms with Gasteiger partial charge < -0.3 is 4.90 Å². The van der Waals surface area contributed by atoms with Crippen LogP contribution in [-0.4, -0.2) is 37.4 Å². The maximum absolute atomic E-state index is 13.6. The van der Waals surface area contributed by atoms with Crippen LogP contribution >= 0.6 is 0 Å². The molecule has 2 aromatic carbocycles. The van der Waals surface area contributed by atoms with Crippen LogP contribution in [-0.2, 0) is 21.2 Å². The van der Waals surface area contributed by atoms with Crippen LogP contribution in [0.4, 0.5) is 14.5 Å². The molecule has 2 heterocycles. The highest BCUT2D eigenvalue weighted by Gasteiger charge is 2.39. The average molecular weight is 419 g/mol. The molecule has 0 aromatic heterocycles. The van der Waals surface area contributed by atoms with Crippen LogP contribution in [0.1, 0.15) is 24.8 Å². The summed E-state index contributed by atoms with van der Waals surface area (Å²) in [4.78, 5) is 14.4. The lowest BCUT2D eigenvalue weighted by molar-refractivity contribution is -0.124. The summed E-state index contributed by atoms with van der Waals surface area (Å²) in [7, 11) is -4.10. The van der Waals surface area contributed by atoms with Gasteiger partial charge in [-0.3, -0.25) is 9.80 Å². The molecule has 1 saturated heterocycles. The number of piperidine rings is 1. The number of hydrogen-bond donors (Lipinski definition) is 0. The van der Waals surface area contributed by atoms with Gasteiger partial charge in [-0.05, 0) is 49.1 Å². The van der Waals surface area contributed by atoms with E-state index >= 15 is 0 Å². The topological polar surface area (TPSA) is 70.0 Å². The maximum atomic E-state index is 13.6. The molecule has 0 unspecified atom stereocenters. The summed E-state index contributed by atoms with van der Waals surface area (Å²) in [5, 5.41) is 4.88. The van der Waals surface area contributed by atoms with Crippen molar-refractivity contribution in [3.63, 3.8) is 0 Å². The standard InChI is InChI=1S/C20H19F2N3O3S/c21-15-10-14(11-16(22)12-15)13-25-17-6-2-3-7-18(17)29(27,28)19(23-25)20(26)24-8-4-1-5-9-24/h2-3,6-7,10-12H,1,4-5,8-9,13H2. The Morgan fingerprint density at radius 3 is 2.34 bits per heavy atom. The van der Waals surface area contributed by atoms with Crippen molar-refractivity contribution in [2.24, 2.45) is 5.10 Å². The third-order valence-electron chi connectivity index (χ3n) is 4.98. The van der Waals surface area contributed by atoms with Gasteiger partial charge in [0.15, 0.2) is 0 Å². The molecule has 6 nitrogen and oxygen atoms in total. The first kappa shape index (κ1) is 19.5. The van der Waals surface area contributed by atoms with Crippen LogP contribution < -0.4 is 5.01 Å². The molecule has 152 valence electrons. The highest BCUT2D eigenvalue weighted by Crippen LogP contribution is 2.33. The summed E-state index contributed by atoms with van der Waals surface area (Å²) in [5.41, 5.74) is 0.525. The van der Waals surface area contributed by atoms with Crippen molar-refractivity contribution in [1.82, 2.24) is 4.90 Å². The zero-order chi connectivity index (χ0) is 20.6. The molecule has 0 atom stereocenters. The number of rotatable bonds is 3.